The monoisotopic (exact) mass is 419 g/mol. The first-order valence-electron chi connectivity index (χ1n) is 10.7. The third-order valence-electron chi connectivity index (χ3n) is 6.16. The van der Waals surface area contributed by atoms with Crippen molar-refractivity contribution in [1.29, 1.82) is 0 Å². The van der Waals surface area contributed by atoms with E-state index < -0.39 is 0 Å². The largest absolute Gasteiger partial charge is 0.479 e. The summed E-state index contributed by atoms with van der Waals surface area (Å²) in [5, 5.41) is 5.68. The zero-order chi connectivity index (χ0) is 21.4. The fourth-order valence-corrected chi connectivity index (χ4v) is 4.44. The highest BCUT2D eigenvalue weighted by molar-refractivity contribution is 5.96. The molecular weight excluding hydrogens is 393 g/mol. The lowest BCUT2D eigenvalue weighted by Crippen LogP contribution is -2.19. The van der Waals surface area contributed by atoms with Crippen LogP contribution in [0.25, 0.3) is 33.3 Å². The highest BCUT2D eigenvalue weighted by atomic mass is 19.1. The molecule has 5 rings (SSSR count). The summed E-state index contributed by atoms with van der Waals surface area (Å²) in [5.74, 6) is 0.342. The van der Waals surface area contributed by atoms with Crippen molar-refractivity contribution in [3.8, 4) is 28.1 Å². The summed E-state index contributed by atoms with van der Waals surface area (Å²) in [6.07, 6.45) is 9.11. The minimum absolute atomic E-state index is 0.257. The van der Waals surface area contributed by atoms with Gasteiger partial charge in [0.2, 0.25) is 5.88 Å². The van der Waals surface area contributed by atoms with Crippen LogP contribution in [0.15, 0.2) is 48.9 Å². The number of pyridine rings is 1. The molecule has 3 aromatic heterocycles. The molecule has 6 nitrogen and oxygen atoms in total. The maximum atomic E-state index is 13.8. The Kier molecular flexibility index (Phi) is 5.19. The molecule has 4 aromatic rings. The minimum atomic E-state index is -0.257. The summed E-state index contributed by atoms with van der Waals surface area (Å²) in [7, 11) is 3.82. The van der Waals surface area contributed by atoms with Gasteiger partial charge in [-0.2, -0.15) is 0 Å². The first kappa shape index (κ1) is 19.8. The summed E-state index contributed by atoms with van der Waals surface area (Å²) in [4.78, 5) is 10.2. The summed E-state index contributed by atoms with van der Waals surface area (Å²) in [6, 6.07) is 9.05. The zero-order valence-corrected chi connectivity index (χ0v) is 17.8. The number of methoxy groups -OCH3 is 1. The molecule has 4 heterocycles. The fraction of sp³-hybridized carbons (Fsp3) is 0.333. The van der Waals surface area contributed by atoms with Crippen LogP contribution < -0.4 is 4.74 Å². The number of nitrogens with one attached hydrogen (secondary N) is 1. The number of H-pyrrole nitrogens is 1. The van der Waals surface area contributed by atoms with Gasteiger partial charge in [0.05, 0.1) is 18.7 Å². The molecule has 1 fully saturated rings. The van der Waals surface area contributed by atoms with Gasteiger partial charge >= 0.3 is 0 Å². The number of nitrogens with zero attached hydrogens (tertiary/aromatic N) is 4. The average molecular weight is 420 g/mol. The number of rotatable bonds is 4. The number of hydrogen-bond acceptors (Lipinski definition) is 4. The van der Waals surface area contributed by atoms with E-state index >= 15 is 0 Å². The predicted molar refractivity (Wildman–Crippen MR) is 120 cm³/mol. The van der Waals surface area contributed by atoms with Crippen molar-refractivity contribution in [1.82, 2.24) is 24.6 Å². The van der Waals surface area contributed by atoms with Crippen molar-refractivity contribution in [2.75, 3.05) is 27.2 Å². The van der Waals surface area contributed by atoms with Crippen LogP contribution in [0.2, 0.25) is 0 Å². The van der Waals surface area contributed by atoms with Crippen molar-refractivity contribution in [3.63, 3.8) is 0 Å². The van der Waals surface area contributed by atoms with Crippen molar-refractivity contribution in [3.05, 3.63) is 54.7 Å². The molecule has 0 saturated carbocycles. The Bertz CT molecular complexity index is 1210. The van der Waals surface area contributed by atoms with Crippen LogP contribution in [-0.2, 0) is 0 Å². The second kappa shape index (κ2) is 8.15. The summed E-state index contributed by atoms with van der Waals surface area (Å²) >= 11 is 0. The van der Waals surface area contributed by atoms with Crippen LogP contribution in [0.1, 0.15) is 25.3 Å². The highest BCUT2D eigenvalue weighted by Crippen LogP contribution is 2.35. The van der Waals surface area contributed by atoms with Gasteiger partial charge in [0, 0.05) is 35.1 Å². The second-order valence-corrected chi connectivity index (χ2v) is 8.25. The highest BCUT2D eigenvalue weighted by Gasteiger charge is 2.21. The normalized spacial score (nSPS) is 17.7. The molecule has 0 radical (unpaired) electrons. The van der Waals surface area contributed by atoms with E-state index in [1.165, 1.54) is 12.1 Å². The maximum absolute atomic E-state index is 13.8. The van der Waals surface area contributed by atoms with Gasteiger partial charge in [0.25, 0.3) is 0 Å². The minimum Gasteiger partial charge on any atom is -0.479 e. The molecule has 31 heavy (non-hydrogen) atoms. The van der Waals surface area contributed by atoms with Gasteiger partial charge in [-0.3, -0.25) is 4.68 Å². The van der Waals surface area contributed by atoms with E-state index in [1.54, 1.807) is 13.2 Å². The Morgan fingerprint density at radius 3 is 2.87 bits per heavy atom. The van der Waals surface area contributed by atoms with E-state index in [2.05, 4.69) is 38.9 Å². The third kappa shape index (κ3) is 3.81. The first-order chi connectivity index (χ1) is 15.1. The van der Waals surface area contributed by atoms with Crippen LogP contribution >= 0.6 is 0 Å². The van der Waals surface area contributed by atoms with Crippen LogP contribution in [-0.4, -0.2) is 51.9 Å². The Morgan fingerprint density at radius 1 is 1.13 bits per heavy atom. The predicted octanol–water partition coefficient (Wildman–Crippen LogP) is 4.90. The molecule has 1 aliphatic rings. The third-order valence-corrected chi connectivity index (χ3v) is 6.16. The molecule has 7 heteroatoms. The van der Waals surface area contributed by atoms with E-state index in [9.17, 15) is 4.39 Å². The van der Waals surface area contributed by atoms with E-state index in [0.717, 1.165) is 65.6 Å². The van der Waals surface area contributed by atoms with E-state index in [1.807, 2.05) is 18.5 Å². The van der Waals surface area contributed by atoms with Crippen LogP contribution in [0, 0.1) is 5.82 Å². The second-order valence-electron chi connectivity index (χ2n) is 8.25. The average Bonchev–Trinajstić information content (AvgIpc) is 3.33. The molecule has 1 N–H and O–H groups in total. The van der Waals surface area contributed by atoms with E-state index in [0.29, 0.717) is 11.9 Å². The number of fused-ring (bicyclic) bond motifs is 1. The lowest BCUT2D eigenvalue weighted by atomic mass is 10.0. The molecule has 0 bridgehead atoms. The summed E-state index contributed by atoms with van der Waals surface area (Å²) in [5.41, 5.74) is 4.35. The van der Waals surface area contributed by atoms with E-state index in [4.69, 9.17) is 9.84 Å². The molecule has 1 unspecified atom stereocenters. The molecule has 1 atom stereocenters. The van der Waals surface area contributed by atoms with Gasteiger partial charge < -0.3 is 14.6 Å². The van der Waals surface area contributed by atoms with Crippen molar-refractivity contribution >= 4 is 11.0 Å². The van der Waals surface area contributed by atoms with Gasteiger partial charge in [-0.1, -0.05) is 12.1 Å². The maximum Gasteiger partial charge on any atom is 0.240 e. The molecule has 1 aromatic carbocycles. The number of aromatic amines is 1. The van der Waals surface area contributed by atoms with E-state index in [-0.39, 0.29) is 5.82 Å². The van der Waals surface area contributed by atoms with Gasteiger partial charge in [0.1, 0.15) is 11.5 Å². The van der Waals surface area contributed by atoms with Crippen LogP contribution in [0.5, 0.6) is 5.88 Å². The molecular formula is C24H26FN5O. The van der Waals surface area contributed by atoms with Crippen molar-refractivity contribution in [2.45, 2.75) is 25.3 Å². The first-order valence-corrected chi connectivity index (χ1v) is 10.7. The Balaban J connectivity index is 1.54. The van der Waals surface area contributed by atoms with Gasteiger partial charge in [-0.05, 0) is 63.2 Å². The molecule has 1 saturated heterocycles. The number of likely N-dealkylation sites (tertiary alicyclic amines) is 1. The number of halogens is 1. The number of aromatic nitrogens is 4. The topological polar surface area (TPSA) is 59.0 Å². The Labute approximate surface area is 180 Å². The summed E-state index contributed by atoms with van der Waals surface area (Å²) < 4.78 is 21.5. The Hall–Kier alpha value is -3.19. The number of ether oxygens (including phenoxy) is 1. The number of hydrogen-bond donors (Lipinski definition) is 1. The van der Waals surface area contributed by atoms with Gasteiger partial charge in [-0.25, -0.2) is 9.37 Å². The zero-order valence-electron chi connectivity index (χ0n) is 17.8. The Morgan fingerprint density at radius 2 is 2.03 bits per heavy atom. The fourth-order valence-electron chi connectivity index (χ4n) is 4.44. The van der Waals surface area contributed by atoms with Crippen molar-refractivity contribution < 1.29 is 9.13 Å². The molecule has 0 spiro atoms. The van der Waals surface area contributed by atoms with Crippen molar-refractivity contribution in [2.24, 2.45) is 0 Å². The molecule has 0 aliphatic carbocycles. The SMILES string of the molecule is COc1nn(C2CCCN(C)CC2)cc1-c1cnc2[nH]cc(-c3cccc(F)c3)c2c1. The standard InChI is InChI=1S/C24H26FN5O/c1-29-9-4-7-19(8-10-29)30-15-22(24(28-30)31-2)17-12-20-21(14-27-23(20)26-13-17)16-5-3-6-18(25)11-16/h3,5-6,11-15,19H,4,7-10H2,1-2H3,(H,26,27). The van der Waals surface area contributed by atoms with Crippen LogP contribution in [0.3, 0.4) is 0 Å². The smallest absolute Gasteiger partial charge is 0.240 e. The lowest BCUT2D eigenvalue weighted by Gasteiger charge is -2.15. The summed E-state index contributed by atoms with van der Waals surface area (Å²) in [6.45, 7) is 2.19. The molecule has 0 amide bonds. The number of benzene rings is 1. The van der Waals surface area contributed by atoms with Crippen LogP contribution in [0.4, 0.5) is 4.39 Å². The van der Waals surface area contributed by atoms with Gasteiger partial charge in [0.15, 0.2) is 0 Å². The molecule has 1 aliphatic heterocycles. The van der Waals surface area contributed by atoms with Gasteiger partial charge in [-0.15, -0.1) is 5.10 Å². The quantitative estimate of drug-likeness (QED) is 0.511. The lowest BCUT2D eigenvalue weighted by molar-refractivity contribution is 0.332. The molecule has 160 valence electrons.